The van der Waals surface area contributed by atoms with E-state index >= 15 is 0 Å². The van der Waals surface area contributed by atoms with Gasteiger partial charge in [0.05, 0.1) is 0 Å². The van der Waals surface area contributed by atoms with E-state index in [0.717, 1.165) is 11.1 Å². The molecule has 1 aromatic heterocycles. The van der Waals surface area contributed by atoms with Gasteiger partial charge in [0.25, 0.3) is 0 Å². The van der Waals surface area contributed by atoms with Crippen molar-refractivity contribution in [1.82, 2.24) is 0 Å². The van der Waals surface area contributed by atoms with Crippen LogP contribution >= 0.6 is 11.3 Å². The predicted molar refractivity (Wildman–Crippen MR) is 58.6 cm³/mol. The van der Waals surface area contributed by atoms with Gasteiger partial charge in [-0.1, -0.05) is 29.4 Å². The fraction of sp³-hybridized carbons (Fsp3) is 0. The lowest BCUT2D eigenvalue weighted by Crippen LogP contribution is -1.73. The van der Waals surface area contributed by atoms with Crippen molar-refractivity contribution in [1.29, 1.82) is 0 Å². The minimum atomic E-state index is 0.674. The second kappa shape index (κ2) is 3.96. The van der Waals surface area contributed by atoms with Gasteiger partial charge in [0.2, 0.25) is 0 Å². The topological polar surface area (TPSA) is 48.8 Å². The van der Waals surface area contributed by atoms with Gasteiger partial charge in [-0.2, -0.15) is 11.3 Å². The van der Waals surface area contributed by atoms with Crippen molar-refractivity contribution in [2.75, 3.05) is 0 Å². The number of nitrogens with zero attached hydrogens (tertiary/aromatic N) is 3. The summed E-state index contributed by atoms with van der Waals surface area (Å²) >= 11 is 1.63. The molecule has 0 N–H and O–H groups in total. The molecule has 2 aromatic rings. The van der Waals surface area contributed by atoms with E-state index in [0.29, 0.717) is 5.69 Å². The number of benzene rings is 1. The molecule has 2 rings (SSSR count). The highest BCUT2D eigenvalue weighted by Crippen LogP contribution is 2.31. The molecule has 68 valence electrons. The molecule has 0 atom stereocenters. The van der Waals surface area contributed by atoms with Crippen LogP contribution < -0.4 is 0 Å². The Bertz CT molecular complexity index is 470. The van der Waals surface area contributed by atoms with Crippen LogP contribution in [-0.4, -0.2) is 0 Å². The zero-order valence-corrected chi connectivity index (χ0v) is 8.11. The molecule has 0 aliphatic carbocycles. The maximum Gasteiger partial charge on any atom is 0.0454 e. The fourth-order valence-corrected chi connectivity index (χ4v) is 1.93. The molecule has 0 fully saturated rings. The standard InChI is InChI=1S/C10H7N3S/c11-13-12-10-4-2-1-3-9(10)8-5-6-14-7-8/h1-7H. The summed E-state index contributed by atoms with van der Waals surface area (Å²) in [6, 6.07) is 9.57. The summed E-state index contributed by atoms with van der Waals surface area (Å²) in [6.07, 6.45) is 0. The number of thiophene rings is 1. The number of hydrogen-bond donors (Lipinski definition) is 0. The Hall–Kier alpha value is -1.77. The van der Waals surface area contributed by atoms with Crippen molar-refractivity contribution in [3.05, 3.63) is 51.5 Å². The van der Waals surface area contributed by atoms with Crippen LogP contribution in [-0.2, 0) is 0 Å². The first-order valence-electron chi connectivity index (χ1n) is 4.08. The fourth-order valence-electron chi connectivity index (χ4n) is 1.27. The molecular formula is C10H7N3S. The van der Waals surface area contributed by atoms with Crippen molar-refractivity contribution in [3.63, 3.8) is 0 Å². The van der Waals surface area contributed by atoms with Crippen molar-refractivity contribution in [2.24, 2.45) is 5.11 Å². The molecule has 0 bridgehead atoms. The van der Waals surface area contributed by atoms with Gasteiger partial charge >= 0.3 is 0 Å². The summed E-state index contributed by atoms with van der Waals surface area (Å²) in [7, 11) is 0. The molecule has 3 nitrogen and oxygen atoms in total. The molecule has 1 heterocycles. The molecule has 1 aromatic carbocycles. The summed E-state index contributed by atoms with van der Waals surface area (Å²) in [5.41, 5.74) is 11.2. The van der Waals surface area contributed by atoms with Gasteiger partial charge in [-0.3, -0.25) is 0 Å². The highest BCUT2D eigenvalue weighted by atomic mass is 32.1. The van der Waals surface area contributed by atoms with Gasteiger partial charge in [-0.25, -0.2) is 0 Å². The van der Waals surface area contributed by atoms with E-state index < -0.39 is 0 Å². The smallest absolute Gasteiger partial charge is 0.0454 e. The Morgan fingerprint density at radius 3 is 2.79 bits per heavy atom. The van der Waals surface area contributed by atoms with Gasteiger partial charge in [-0.05, 0) is 33.5 Å². The van der Waals surface area contributed by atoms with E-state index in [-0.39, 0.29) is 0 Å². The summed E-state index contributed by atoms with van der Waals surface area (Å²) in [5.74, 6) is 0. The first-order chi connectivity index (χ1) is 6.92. The third-order valence-corrected chi connectivity index (χ3v) is 2.57. The maximum absolute atomic E-state index is 8.40. The maximum atomic E-state index is 8.40. The molecule has 0 radical (unpaired) electrons. The molecule has 0 saturated carbocycles. The van der Waals surface area contributed by atoms with Gasteiger partial charge in [-0.15, -0.1) is 0 Å². The van der Waals surface area contributed by atoms with Crippen LogP contribution in [0.1, 0.15) is 0 Å². The van der Waals surface area contributed by atoms with Crippen molar-refractivity contribution >= 4 is 17.0 Å². The van der Waals surface area contributed by atoms with Crippen LogP contribution in [0.25, 0.3) is 21.6 Å². The third kappa shape index (κ3) is 1.62. The van der Waals surface area contributed by atoms with E-state index in [1.54, 1.807) is 11.3 Å². The van der Waals surface area contributed by atoms with Gasteiger partial charge in [0, 0.05) is 10.6 Å². The highest BCUT2D eigenvalue weighted by molar-refractivity contribution is 7.08. The van der Waals surface area contributed by atoms with Crippen LogP contribution in [0.4, 0.5) is 5.69 Å². The van der Waals surface area contributed by atoms with Crippen molar-refractivity contribution in [2.45, 2.75) is 0 Å². The van der Waals surface area contributed by atoms with Gasteiger partial charge in [0.1, 0.15) is 0 Å². The Balaban J connectivity index is 2.57. The summed E-state index contributed by atoms with van der Waals surface area (Å²) < 4.78 is 0. The van der Waals surface area contributed by atoms with Crippen LogP contribution in [0.5, 0.6) is 0 Å². The molecule has 0 spiro atoms. The largest absolute Gasteiger partial charge is 0.152 e. The zero-order chi connectivity index (χ0) is 9.80. The Morgan fingerprint density at radius 2 is 2.07 bits per heavy atom. The first kappa shape index (κ1) is 8.81. The van der Waals surface area contributed by atoms with Gasteiger partial charge < -0.3 is 0 Å². The number of hydrogen-bond acceptors (Lipinski definition) is 2. The third-order valence-electron chi connectivity index (χ3n) is 1.89. The molecule has 0 aliphatic rings. The Morgan fingerprint density at radius 1 is 1.21 bits per heavy atom. The Labute approximate surface area is 85.3 Å². The monoisotopic (exact) mass is 201 g/mol. The second-order valence-corrected chi connectivity index (χ2v) is 3.50. The van der Waals surface area contributed by atoms with Crippen LogP contribution in [0.3, 0.4) is 0 Å². The molecule has 4 heteroatoms. The Kier molecular flexibility index (Phi) is 2.49. The van der Waals surface area contributed by atoms with Crippen LogP contribution in [0, 0.1) is 0 Å². The van der Waals surface area contributed by atoms with E-state index in [2.05, 4.69) is 10.0 Å². The average Bonchev–Trinajstić information content (AvgIpc) is 2.72. The number of rotatable bonds is 2. The first-order valence-corrected chi connectivity index (χ1v) is 5.03. The molecular weight excluding hydrogens is 194 g/mol. The van der Waals surface area contributed by atoms with Gasteiger partial charge in [0.15, 0.2) is 0 Å². The minimum absolute atomic E-state index is 0.674. The van der Waals surface area contributed by atoms with Crippen LogP contribution in [0.15, 0.2) is 46.2 Å². The van der Waals surface area contributed by atoms with Crippen molar-refractivity contribution < 1.29 is 0 Å². The lowest BCUT2D eigenvalue weighted by molar-refractivity contribution is 1.47. The highest BCUT2D eigenvalue weighted by Gasteiger charge is 2.01. The lowest BCUT2D eigenvalue weighted by Gasteiger charge is -2.00. The minimum Gasteiger partial charge on any atom is -0.152 e. The zero-order valence-electron chi connectivity index (χ0n) is 7.29. The summed E-state index contributed by atoms with van der Waals surface area (Å²) in [6.45, 7) is 0. The average molecular weight is 201 g/mol. The molecule has 0 aliphatic heterocycles. The quantitative estimate of drug-likeness (QED) is 0.394. The normalized spacial score (nSPS) is 9.43. The van der Waals surface area contributed by atoms with Crippen molar-refractivity contribution in [3.8, 4) is 11.1 Å². The van der Waals surface area contributed by atoms with Crippen LogP contribution in [0.2, 0.25) is 0 Å². The van der Waals surface area contributed by atoms with E-state index in [4.69, 9.17) is 5.53 Å². The molecule has 14 heavy (non-hydrogen) atoms. The summed E-state index contributed by atoms with van der Waals surface area (Å²) in [5, 5.41) is 7.68. The summed E-state index contributed by atoms with van der Waals surface area (Å²) in [4.78, 5) is 2.80. The molecule has 0 saturated heterocycles. The lowest BCUT2D eigenvalue weighted by atomic mass is 10.1. The SMILES string of the molecule is [N-]=[N+]=Nc1ccccc1-c1ccsc1. The second-order valence-electron chi connectivity index (χ2n) is 2.72. The number of azide groups is 1. The molecule has 0 unspecified atom stereocenters. The van der Waals surface area contributed by atoms with E-state index in [1.165, 1.54) is 0 Å². The molecule has 0 amide bonds. The predicted octanol–water partition coefficient (Wildman–Crippen LogP) is 4.36. The van der Waals surface area contributed by atoms with E-state index in [1.807, 2.05) is 41.1 Å². The van der Waals surface area contributed by atoms with E-state index in [9.17, 15) is 0 Å².